The lowest BCUT2D eigenvalue weighted by molar-refractivity contribution is -0.114. The second kappa shape index (κ2) is 7.46. The Morgan fingerprint density at radius 1 is 1.14 bits per heavy atom. The topological polar surface area (TPSA) is 59.2 Å². The van der Waals surface area contributed by atoms with Gasteiger partial charge in [0.1, 0.15) is 0 Å². The van der Waals surface area contributed by atoms with Gasteiger partial charge in [0.05, 0.1) is 5.52 Å². The Morgan fingerprint density at radius 2 is 1.96 bits per heavy atom. The Balaban J connectivity index is 1.86. The van der Waals surface area contributed by atoms with E-state index in [4.69, 9.17) is 33.9 Å². The predicted molar refractivity (Wildman–Crippen MR) is 116 cm³/mol. The first-order chi connectivity index (χ1) is 13.4. The van der Waals surface area contributed by atoms with Gasteiger partial charge in [0, 0.05) is 56.6 Å². The SMILES string of the molecule is Cc1cc(N2CC=C(C(N)=O)CC2)c2cccc(-c3ccc(Cl)cc3Cl)c2n1. The number of nitrogens with two attached hydrogens (primary N) is 1. The molecule has 0 fully saturated rings. The first-order valence-corrected chi connectivity index (χ1v) is 9.79. The fraction of sp³-hybridized carbons (Fsp3) is 0.182. The quantitative estimate of drug-likeness (QED) is 0.648. The number of fused-ring (bicyclic) bond motifs is 1. The molecule has 0 spiro atoms. The minimum atomic E-state index is -0.338. The standard InChI is InChI=1S/C22H19Cl2N3O/c1-13-11-20(27-9-7-14(8-10-27)22(25)28)18-4-2-3-17(21(18)26-13)16-6-5-15(23)12-19(16)24/h2-7,11-12H,8-10H2,1H3,(H2,25,28). The molecule has 1 aromatic heterocycles. The van der Waals surface area contributed by atoms with Gasteiger partial charge in [-0.1, -0.05) is 53.5 Å². The minimum absolute atomic E-state index is 0.338. The average molecular weight is 412 g/mol. The lowest BCUT2D eigenvalue weighted by atomic mass is 9.99. The molecule has 6 heteroatoms. The molecule has 2 N–H and O–H groups in total. The number of aryl methyl sites for hydroxylation is 1. The minimum Gasteiger partial charge on any atom is -0.367 e. The zero-order valence-corrected chi connectivity index (χ0v) is 16.9. The van der Waals surface area contributed by atoms with Crippen LogP contribution in [-0.4, -0.2) is 24.0 Å². The van der Waals surface area contributed by atoms with Crippen LogP contribution in [0.1, 0.15) is 12.1 Å². The lowest BCUT2D eigenvalue weighted by Gasteiger charge is -2.29. The molecular weight excluding hydrogens is 393 g/mol. The number of pyridine rings is 1. The van der Waals surface area contributed by atoms with Gasteiger partial charge in [-0.25, -0.2) is 0 Å². The number of anilines is 1. The van der Waals surface area contributed by atoms with Gasteiger partial charge in [-0.2, -0.15) is 0 Å². The van der Waals surface area contributed by atoms with Crippen LogP contribution in [0.2, 0.25) is 10.0 Å². The summed E-state index contributed by atoms with van der Waals surface area (Å²) in [6, 6.07) is 13.7. The number of primary amides is 1. The fourth-order valence-electron chi connectivity index (χ4n) is 3.65. The van der Waals surface area contributed by atoms with Crippen LogP contribution in [0.15, 0.2) is 54.1 Å². The van der Waals surface area contributed by atoms with Crippen molar-refractivity contribution in [1.82, 2.24) is 4.98 Å². The highest BCUT2D eigenvalue weighted by atomic mass is 35.5. The van der Waals surface area contributed by atoms with E-state index in [2.05, 4.69) is 17.0 Å². The third-order valence-corrected chi connectivity index (χ3v) is 5.58. The molecular formula is C22H19Cl2N3O. The maximum Gasteiger partial charge on any atom is 0.244 e. The Bertz CT molecular complexity index is 1120. The number of carbonyl (C=O) groups is 1. The zero-order valence-electron chi connectivity index (χ0n) is 15.4. The predicted octanol–water partition coefficient (Wildman–Crippen LogP) is 5.14. The van der Waals surface area contributed by atoms with Gasteiger partial charge in [-0.15, -0.1) is 0 Å². The summed E-state index contributed by atoms with van der Waals surface area (Å²) >= 11 is 12.5. The molecule has 2 heterocycles. The molecule has 4 nitrogen and oxygen atoms in total. The van der Waals surface area contributed by atoms with Gasteiger partial charge < -0.3 is 10.6 Å². The summed E-state index contributed by atoms with van der Waals surface area (Å²) in [6.07, 6.45) is 2.55. The second-order valence-corrected chi connectivity index (χ2v) is 7.74. The monoisotopic (exact) mass is 411 g/mol. The van der Waals surface area contributed by atoms with Crippen LogP contribution in [0, 0.1) is 6.92 Å². The molecule has 0 radical (unpaired) electrons. The van der Waals surface area contributed by atoms with Crippen molar-refractivity contribution < 1.29 is 4.79 Å². The lowest BCUT2D eigenvalue weighted by Crippen LogP contribution is -2.31. The molecule has 1 aliphatic heterocycles. The van der Waals surface area contributed by atoms with Crippen LogP contribution in [0.3, 0.4) is 0 Å². The summed E-state index contributed by atoms with van der Waals surface area (Å²) < 4.78 is 0. The molecule has 1 aliphatic rings. The Kier molecular flexibility index (Phi) is 5.00. The molecule has 4 rings (SSSR count). The smallest absolute Gasteiger partial charge is 0.244 e. The average Bonchev–Trinajstić information content (AvgIpc) is 2.67. The Hall–Kier alpha value is -2.56. The van der Waals surface area contributed by atoms with Gasteiger partial charge in [0.25, 0.3) is 0 Å². The highest BCUT2D eigenvalue weighted by Gasteiger charge is 2.19. The Labute approximate surface area is 173 Å². The van der Waals surface area contributed by atoms with E-state index in [-0.39, 0.29) is 5.91 Å². The fourth-order valence-corrected chi connectivity index (χ4v) is 4.16. The number of benzene rings is 2. The van der Waals surface area contributed by atoms with Crippen molar-refractivity contribution in [3.05, 3.63) is 69.9 Å². The molecule has 0 saturated carbocycles. The summed E-state index contributed by atoms with van der Waals surface area (Å²) in [5, 5.41) is 2.24. The van der Waals surface area contributed by atoms with Crippen LogP contribution in [0.5, 0.6) is 0 Å². The number of hydrogen-bond acceptors (Lipinski definition) is 3. The van der Waals surface area contributed by atoms with Gasteiger partial charge in [-0.05, 0) is 31.5 Å². The molecule has 0 saturated heterocycles. The maximum absolute atomic E-state index is 11.4. The molecule has 2 aromatic carbocycles. The highest BCUT2D eigenvalue weighted by Crippen LogP contribution is 2.37. The van der Waals surface area contributed by atoms with Crippen molar-refractivity contribution in [3.63, 3.8) is 0 Å². The zero-order chi connectivity index (χ0) is 19.8. The molecule has 28 heavy (non-hydrogen) atoms. The molecule has 1 amide bonds. The van der Waals surface area contributed by atoms with Crippen LogP contribution in [0.4, 0.5) is 5.69 Å². The Morgan fingerprint density at radius 3 is 2.64 bits per heavy atom. The van der Waals surface area contributed by atoms with Crippen LogP contribution in [0.25, 0.3) is 22.0 Å². The molecule has 0 unspecified atom stereocenters. The maximum atomic E-state index is 11.4. The van der Waals surface area contributed by atoms with Gasteiger partial charge >= 0.3 is 0 Å². The van der Waals surface area contributed by atoms with E-state index >= 15 is 0 Å². The van der Waals surface area contributed by atoms with E-state index in [1.54, 1.807) is 6.07 Å². The molecule has 3 aromatic rings. The normalized spacial score (nSPS) is 14.2. The number of aromatic nitrogens is 1. The summed E-state index contributed by atoms with van der Waals surface area (Å²) in [5.41, 5.74) is 10.9. The van der Waals surface area contributed by atoms with Crippen LogP contribution >= 0.6 is 23.2 Å². The van der Waals surface area contributed by atoms with E-state index in [0.717, 1.165) is 40.0 Å². The largest absolute Gasteiger partial charge is 0.367 e. The second-order valence-electron chi connectivity index (χ2n) is 6.90. The van der Waals surface area contributed by atoms with E-state index in [0.29, 0.717) is 28.6 Å². The van der Waals surface area contributed by atoms with E-state index in [9.17, 15) is 4.79 Å². The summed E-state index contributed by atoms with van der Waals surface area (Å²) in [7, 11) is 0. The van der Waals surface area contributed by atoms with Gasteiger partial charge in [0.15, 0.2) is 0 Å². The van der Waals surface area contributed by atoms with Crippen molar-refractivity contribution in [3.8, 4) is 11.1 Å². The molecule has 0 atom stereocenters. The molecule has 0 aliphatic carbocycles. The molecule has 142 valence electrons. The number of para-hydroxylation sites is 1. The first-order valence-electron chi connectivity index (χ1n) is 9.03. The number of hydrogen-bond donors (Lipinski definition) is 1. The third kappa shape index (κ3) is 3.46. The number of nitrogens with zero attached hydrogens (tertiary/aromatic N) is 2. The van der Waals surface area contributed by atoms with Gasteiger partial charge in [0.2, 0.25) is 5.91 Å². The van der Waals surface area contributed by atoms with Crippen molar-refractivity contribution in [1.29, 1.82) is 0 Å². The number of amides is 1. The van der Waals surface area contributed by atoms with E-state index in [1.165, 1.54) is 0 Å². The summed E-state index contributed by atoms with van der Waals surface area (Å²) in [4.78, 5) is 18.5. The number of carbonyl (C=O) groups excluding carboxylic acids is 1. The van der Waals surface area contributed by atoms with Crippen LogP contribution in [-0.2, 0) is 4.79 Å². The molecule has 0 bridgehead atoms. The third-order valence-electron chi connectivity index (χ3n) is 5.03. The first kappa shape index (κ1) is 18.8. The van der Waals surface area contributed by atoms with Crippen molar-refractivity contribution in [2.24, 2.45) is 5.73 Å². The number of halogens is 2. The number of rotatable bonds is 3. The van der Waals surface area contributed by atoms with E-state index in [1.807, 2.05) is 37.3 Å². The summed E-state index contributed by atoms with van der Waals surface area (Å²) in [5.74, 6) is -0.338. The van der Waals surface area contributed by atoms with Crippen molar-refractivity contribution in [2.75, 3.05) is 18.0 Å². The van der Waals surface area contributed by atoms with E-state index < -0.39 is 0 Å². The van der Waals surface area contributed by atoms with Crippen molar-refractivity contribution in [2.45, 2.75) is 13.3 Å². The highest BCUT2D eigenvalue weighted by molar-refractivity contribution is 6.36. The summed E-state index contributed by atoms with van der Waals surface area (Å²) in [6.45, 7) is 3.36. The van der Waals surface area contributed by atoms with Crippen molar-refractivity contribution >= 4 is 45.7 Å². The van der Waals surface area contributed by atoms with Gasteiger partial charge in [-0.3, -0.25) is 9.78 Å². The van der Waals surface area contributed by atoms with Crippen LogP contribution < -0.4 is 10.6 Å².